The molecule has 5 nitrogen and oxygen atoms in total. The van der Waals surface area contributed by atoms with Crippen molar-refractivity contribution in [1.29, 1.82) is 0 Å². The highest BCUT2D eigenvalue weighted by Gasteiger charge is 2.14. The molecule has 0 aliphatic rings. The second kappa shape index (κ2) is 9.15. The molecule has 0 spiro atoms. The minimum absolute atomic E-state index is 0.0728. The second-order valence-electron chi connectivity index (χ2n) is 4.83. The summed E-state index contributed by atoms with van der Waals surface area (Å²) in [6, 6.07) is 1.75. The van der Waals surface area contributed by atoms with Gasteiger partial charge in [0, 0.05) is 46.1 Å². The molecule has 21 heavy (non-hydrogen) atoms. The molecule has 0 bridgehead atoms. The summed E-state index contributed by atoms with van der Waals surface area (Å²) in [5.74, 6) is 0.418. The number of halogens is 1. The fourth-order valence-electron chi connectivity index (χ4n) is 1.65. The fourth-order valence-corrected chi connectivity index (χ4v) is 2.43. The van der Waals surface area contributed by atoms with Gasteiger partial charge in [-0.1, -0.05) is 13.8 Å². The zero-order chi connectivity index (χ0) is 15.8. The number of amides is 1. The van der Waals surface area contributed by atoms with E-state index in [1.54, 1.807) is 18.5 Å². The summed E-state index contributed by atoms with van der Waals surface area (Å²) in [7, 11) is -0.865. The van der Waals surface area contributed by atoms with E-state index >= 15 is 0 Å². The summed E-state index contributed by atoms with van der Waals surface area (Å²) in [5, 5.41) is 6.07. The first kappa shape index (κ1) is 18.1. The Morgan fingerprint density at radius 1 is 1.48 bits per heavy atom. The SMILES string of the molecule is CCCNc1ncc(Br)cc1C(=O)NCCC(C)S(C)=O. The van der Waals surface area contributed by atoms with Crippen molar-refractivity contribution < 1.29 is 9.00 Å². The van der Waals surface area contributed by atoms with Crippen LogP contribution < -0.4 is 10.6 Å². The van der Waals surface area contributed by atoms with E-state index in [-0.39, 0.29) is 11.2 Å². The molecule has 0 radical (unpaired) electrons. The Hall–Kier alpha value is -0.950. The van der Waals surface area contributed by atoms with Crippen molar-refractivity contribution in [3.8, 4) is 0 Å². The van der Waals surface area contributed by atoms with Gasteiger partial charge in [-0.25, -0.2) is 4.98 Å². The standard InChI is InChI=1S/C14H22BrN3O2S/c1-4-6-16-13-12(8-11(15)9-18-13)14(19)17-7-5-10(2)21(3)20/h8-10H,4-7H2,1-3H3,(H,16,18)(H,17,19). The minimum Gasteiger partial charge on any atom is -0.369 e. The van der Waals surface area contributed by atoms with Gasteiger partial charge in [0.1, 0.15) is 5.82 Å². The van der Waals surface area contributed by atoms with Gasteiger partial charge in [-0.2, -0.15) is 0 Å². The van der Waals surface area contributed by atoms with Crippen LogP contribution in [0.25, 0.3) is 0 Å². The van der Waals surface area contributed by atoms with Gasteiger partial charge < -0.3 is 10.6 Å². The van der Waals surface area contributed by atoms with Gasteiger partial charge in [-0.3, -0.25) is 9.00 Å². The zero-order valence-corrected chi connectivity index (χ0v) is 15.0. The van der Waals surface area contributed by atoms with E-state index in [4.69, 9.17) is 0 Å². The average molecular weight is 376 g/mol. The first-order valence-electron chi connectivity index (χ1n) is 6.95. The number of carbonyl (C=O) groups excluding carboxylic acids is 1. The normalized spacial score (nSPS) is 13.5. The van der Waals surface area contributed by atoms with Gasteiger partial charge in [-0.15, -0.1) is 0 Å². The van der Waals surface area contributed by atoms with Crippen LogP contribution in [0.5, 0.6) is 0 Å². The van der Waals surface area contributed by atoms with Crippen molar-refractivity contribution >= 4 is 38.5 Å². The number of rotatable bonds is 8. The molecule has 1 amide bonds. The van der Waals surface area contributed by atoms with Crippen LogP contribution in [-0.2, 0) is 10.8 Å². The van der Waals surface area contributed by atoms with Crippen molar-refractivity contribution in [3.05, 3.63) is 22.3 Å². The number of anilines is 1. The van der Waals surface area contributed by atoms with Gasteiger partial charge in [0.2, 0.25) is 0 Å². The van der Waals surface area contributed by atoms with E-state index in [0.717, 1.165) is 17.4 Å². The number of aromatic nitrogens is 1. The highest BCUT2D eigenvalue weighted by atomic mass is 79.9. The molecule has 0 saturated carbocycles. The lowest BCUT2D eigenvalue weighted by atomic mass is 10.2. The van der Waals surface area contributed by atoms with E-state index < -0.39 is 10.8 Å². The third kappa shape index (κ3) is 6.13. The average Bonchev–Trinajstić information content (AvgIpc) is 2.45. The second-order valence-corrected chi connectivity index (χ2v) is 7.55. The van der Waals surface area contributed by atoms with E-state index in [1.807, 2.05) is 6.92 Å². The van der Waals surface area contributed by atoms with E-state index in [2.05, 4.69) is 38.5 Å². The predicted molar refractivity (Wildman–Crippen MR) is 91.2 cm³/mol. The third-order valence-corrected chi connectivity index (χ3v) is 4.85. The van der Waals surface area contributed by atoms with Gasteiger partial charge in [0.25, 0.3) is 5.91 Å². The Balaban J connectivity index is 2.67. The summed E-state index contributed by atoms with van der Waals surface area (Å²) < 4.78 is 12.0. The molecule has 1 heterocycles. The summed E-state index contributed by atoms with van der Waals surface area (Å²) in [6.07, 6.45) is 4.99. The van der Waals surface area contributed by atoms with Crippen molar-refractivity contribution in [2.24, 2.45) is 0 Å². The molecule has 118 valence electrons. The van der Waals surface area contributed by atoms with E-state index in [1.165, 1.54) is 0 Å². The Labute approximate surface area is 136 Å². The monoisotopic (exact) mass is 375 g/mol. The number of hydrogen-bond donors (Lipinski definition) is 2. The number of nitrogens with one attached hydrogen (secondary N) is 2. The van der Waals surface area contributed by atoms with Crippen molar-refractivity contribution in [2.45, 2.75) is 31.9 Å². The Morgan fingerprint density at radius 2 is 2.19 bits per heavy atom. The largest absolute Gasteiger partial charge is 0.369 e. The van der Waals surface area contributed by atoms with Crippen LogP contribution in [0, 0.1) is 0 Å². The van der Waals surface area contributed by atoms with Crippen molar-refractivity contribution in [1.82, 2.24) is 10.3 Å². The van der Waals surface area contributed by atoms with Gasteiger partial charge in [0.05, 0.1) is 5.56 Å². The maximum absolute atomic E-state index is 12.2. The molecule has 1 rings (SSSR count). The van der Waals surface area contributed by atoms with Crippen LogP contribution >= 0.6 is 15.9 Å². The summed E-state index contributed by atoms with van der Waals surface area (Å²) in [4.78, 5) is 16.5. The molecule has 0 saturated heterocycles. The van der Waals surface area contributed by atoms with Crippen molar-refractivity contribution in [2.75, 3.05) is 24.7 Å². The smallest absolute Gasteiger partial charge is 0.255 e. The quantitative estimate of drug-likeness (QED) is 0.732. The van der Waals surface area contributed by atoms with Crippen LogP contribution in [0.4, 0.5) is 5.82 Å². The van der Waals surface area contributed by atoms with Gasteiger partial charge in [-0.05, 0) is 34.8 Å². The molecular weight excluding hydrogens is 354 g/mol. The lowest BCUT2D eigenvalue weighted by molar-refractivity contribution is 0.0953. The topological polar surface area (TPSA) is 71.1 Å². The Morgan fingerprint density at radius 3 is 2.81 bits per heavy atom. The van der Waals surface area contributed by atoms with Crippen molar-refractivity contribution in [3.63, 3.8) is 0 Å². The highest BCUT2D eigenvalue weighted by Crippen LogP contribution is 2.18. The van der Waals surface area contributed by atoms with Crippen LogP contribution in [0.15, 0.2) is 16.7 Å². The van der Waals surface area contributed by atoms with Crippen LogP contribution in [0.2, 0.25) is 0 Å². The maximum atomic E-state index is 12.2. The zero-order valence-electron chi connectivity index (χ0n) is 12.6. The fraction of sp³-hybridized carbons (Fsp3) is 0.571. The van der Waals surface area contributed by atoms with E-state index in [0.29, 0.717) is 24.3 Å². The molecule has 0 fully saturated rings. The number of hydrogen-bond acceptors (Lipinski definition) is 4. The van der Waals surface area contributed by atoms with Crippen LogP contribution in [-0.4, -0.2) is 39.7 Å². The molecule has 0 aliphatic carbocycles. The highest BCUT2D eigenvalue weighted by molar-refractivity contribution is 9.10. The van der Waals surface area contributed by atoms with Gasteiger partial charge in [0.15, 0.2) is 0 Å². The first-order chi connectivity index (χ1) is 9.95. The Kier molecular flexibility index (Phi) is 7.88. The summed E-state index contributed by atoms with van der Waals surface area (Å²) >= 11 is 3.33. The minimum atomic E-state index is -0.865. The molecule has 2 atom stereocenters. The number of pyridine rings is 1. The Bertz CT molecular complexity index is 511. The van der Waals surface area contributed by atoms with Crippen LogP contribution in [0.3, 0.4) is 0 Å². The predicted octanol–water partition coefficient (Wildman–Crippen LogP) is 2.55. The molecule has 0 aromatic carbocycles. The van der Waals surface area contributed by atoms with E-state index in [9.17, 15) is 9.00 Å². The lowest BCUT2D eigenvalue weighted by Gasteiger charge is -2.12. The summed E-state index contributed by atoms with van der Waals surface area (Å²) in [6.45, 7) is 5.23. The number of nitrogens with zero attached hydrogens (tertiary/aromatic N) is 1. The molecule has 1 aromatic heterocycles. The third-order valence-electron chi connectivity index (χ3n) is 3.04. The maximum Gasteiger partial charge on any atom is 0.255 e. The van der Waals surface area contributed by atoms with Crippen LogP contribution in [0.1, 0.15) is 37.0 Å². The summed E-state index contributed by atoms with van der Waals surface area (Å²) in [5.41, 5.74) is 0.517. The molecule has 7 heteroatoms. The molecular formula is C14H22BrN3O2S. The lowest BCUT2D eigenvalue weighted by Crippen LogP contribution is -2.28. The van der Waals surface area contributed by atoms with Gasteiger partial charge >= 0.3 is 0 Å². The first-order valence-corrected chi connectivity index (χ1v) is 9.37. The molecule has 2 N–H and O–H groups in total. The molecule has 1 aromatic rings. The molecule has 0 aliphatic heterocycles. The number of carbonyl (C=O) groups is 1. The molecule has 2 unspecified atom stereocenters.